The van der Waals surface area contributed by atoms with Crippen LogP contribution in [-0.2, 0) is 6.42 Å². The van der Waals surface area contributed by atoms with E-state index >= 15 is 0 Å². The van der Waals surface area contributed by atoms with Gasteiger partial charge in [-0.1, -0.05) is 42.3 Å². The van der Waals surface area contributed by atoms with Crippen LogP contribution in [0.5, 0.6) is 0 Å². The summed E-state index contributed by atoms with van der Waals surface area (Å²) in [5.74, 6) is 0. The van der Waals surface area contributed by atoms with Gasteiger partial charge in [-0.3, -0.25) is 9.88 Å². The smallest absolute Gasteiger partial charge is 0.0777 e. The maximum Gasteiger partial charge on any atom is 0.0777 e. The van der Waals surface area contributed by atoms with Gasteiger partial charge >= 0.3 is 0 Å². The Labute approximate surface area is 146 Å². The second kappa shape index (κ2) is 7.91. The molecule has 1 aromatic carbocycles. The minimum absolute atomic E-state index is 0.245. The van der Waals surface area contributed by atoms with E-state index in [0.717, 1.165) is 32.6 Å². The second-order valence-electron chi connectivity index (χ2n) is 6.91. The Morgan fingerprint density at radius 1 is 1.08 bits per heavy atom. The van der Waals surface area contributed by atoms with E-state index in [-0.39, 0.29) is 6.04 Å². The molecule has 0 amide bonds. The third kappa shape index (κ3) is 4.03. The zero-order chi connectivity index (χ0) is 16.9. The number of aryl methyl sites for hydroxylation is 3. The van der Waals surface area contributed by atoms with Gasteiger partial charge in [-0.25, -0.2) is 0 Å². The monoisotopic (exact) mass is 323 g/mol. The van der Waals surface area contributed by atoms with Crippen LogP contribution in [-0.4, -0.2) is 36.1 Å². The van der Waals surface area contributed by atoms with E-state index in [1.807, 2.05) is 6.20 Å². The third-order valence-electron chi connectivity index (χ3n) is 4.84. The fourth-order valence-electron chi connectivity index (χ4n) is 3.67. The van der Waals surface area contributed by atoms with E-state index in [1.54, 1.807) is 0 Å². The van der Waals surface area contributed by atoms with Crippen LogP contribution >= 0.6 is 0 Å². The summed E-state index contributed by atoms with van der Waals surface area (Å²) in [5, 5.41) is 3.51. The predicted molar refractivity (Wildman–Crippen MR) is 100 cm³/mol. The molecule has 0 bridgehead atoms. The van der Waals surface area contributed by atoms with Crippen LogP contribution in [0.4, 0.5) is 0 Å². The lowest BCUT2D eigenvalue weighted by Gasteiger charge is -2.31. The third-order valence-corrected chi connectivity index (χ3v) is 4.84. The highest BCUT2D eigenvalue weighted by Gasteiger charge is 2.24. The Morgan fingerprint density at radius 3 is 2.54 bits per heavy atom. The summed E-state index contributed by atoms with van der Waals surface area (Å²) in [6.45, 7) is 10.9. The van der Waals surface area contributed by atoms with Crippen molar-refractivity contribution in [1.29, 1.82) is 0 Å². The summed E-state index contributed by atoms with van der Waals surface area (Å²) < 4.78 is 0. The van der Waals surface area contributed by atoms with E-state index in [2.05, 4.69) is 61.3 Å². The summed E-state index contributed by atoms with van der Waals surface area (Å²) in [5.41, 5.74) is 6.49. The first-order valence-corrected chi connectivity index (χ1v) is 9.15. The lowest BCUT2D eigenvalue weighted by molar-refractivity contribution is 0.237. The highest BCUT2D eigenvalue weighted by molar-refractivity contribution is 5.35. The van der Waals surface area contributed by atoms with Crippen molar-refractivity contribution in [3.8, 4) is 0 Å². The Hall–Kier alpha value is -1.71. The van der Waals surface area contributed by atoms with Crippen LogP contribution in [0.2, 0.25) is 0 Å². The van der Waals surface area contributed by atoms with Crippen LogP contribution < -0.4 is 5.32 Å². The topological polar surface area (TPSA) is 28.2 Å². The van der Waals surface area contributed by atoms with Gasteiger partial charge in [0.05, 0.1) is 11.7 Å². The maximum atomic E-state index is 4.83. The zero-order valence-corrected chi connectivity index (χ0v) is 15.2. The number of hydrogen-bond acceptors (Lipinski definition) is 3. The lowest BCUT2D eigenvalue weighted by atomic mass is 9.96. The van der Waals surface area contributed by atoms with Crippen molar-refractivity contribution in [2.24, 2.45) is 0 Å². The van der Waals surface area contributed by atoms with Gasteiger partial charge in [0.25, 0.3) is 0 Å². The number of aromatic nitrogens is 1. The van der Waals surface area contributed by atoms with E-state index in [1.165, 1.54) is 34.4 Å². The summed E-state index contributed by atoms with van der Waals surface area (Å²) in [7, 11) is 0. The number of benzene rings is 1. The van der Waals surface area contributed by atoms with Gasteiger partial charge in [0.1, 0.15) is 0 Å². The molecule has 0 saturated carbocycles. The molecule has 0 spiro atoms. The molecule has 1 fully saturated rings. The van der Waals surface area contributed by atoms with Crippen LogP contribution in [0.15, 0.2) is 36.5 Å². The summed E-state index contributed by atoms with van der Waals surface area (Å²) in [4.78, 5) is 7.41. The first kappa shape index (κ1) is 17.1. The van der Waals surface area contributed by atoms with Crippen molar-refractivity contribution in [2.75, 3.05) is 26.2 Å². The fourth-order valence-corrected chi connectivity index (χ4v) is 3.67. The van der Waals surface area contributed by atoms with E-state index in [4.69, 9.17) is 4.98 Å². The predicted octanol–water partition coefficient (Wildman–Crippen LogP) is 3.65. The molecule has 1 unspecified atom stereocenters. The van der Waals surface area contributed by atoms with E-state index in [0.29, 0.717) is 0 Å². The number of rotatable bonds is 4. The molecule has 0 radical (unpaired) electrons. The molecule has 128 valence electrons. The van der Waals surface area contributed by atoms with Crippen molar-refractivity contribution >= 4 is 0 Å². The molecule has 2 aromatic rings. The van der Waals surface area contributed by atoms with E-state index < -0.39 is 0 Å². The quantitative estimate of drug-likeness (QED) is 0.931. The highest BCUT2D eigenvalue weighted by Crippen LogP contribution is 2.29. The first-order valence-electron chi connectivity index (χ1n) is 9.15. The van der Waals surface area contributed by atoms with Gasteiger partial charge in [0, 0.05) is 25.8 Å². The largest absolute Gasteiger partial charge is 0.315 e. The van der Waals surface area contributed by atoms with Gasteiger partial charge in [-0.15, -0.1) is 0 Å². The van der Waals surface area contributed by atoms with Gasteiger partial charge < -0.3 is 5.32 Å². The van der Waals surface area contributed by atoms with Gasteiger partial charge in [0.15, 0.2) is 0 Å². The normalized spacial score (nSPS) is 17.5. The fraction of sp³-hybridized carbons (Fsp3) is 0.476. The molecule has 3 rings (SSSR count). The molecule has 3 nitrogen and oxygen atoms in total. The molecular formula is C21H29N3. The molecule has 0 aliphatic carbocycles. The molecule has 1 saturated heterocycles. The van der Waals surface area contributed by atoms with Gasteiger partial charge in [-0.05, 0) is 50.4 Å². The molecular weight excluding hydrogens is 294 g/mol. The summed E-state index contributed by atoms with van der Waals surface area (Å²) in [6.07, 6.45) is 4.27. The van der Waals surface area contributed by atoms with Crippen LogP contribution in [0.25, 0.3) is 0 Å². The summed E-state index contributed by atoms with van der Waals surface area (Å²) in [6, 6.07) is 11.6. The number of nitrogens with one attached hydrogen (secondary N) is 1. The van der Waals surface area contributed by atoms with Gasteiger partial charge in [0.2, 0.25) is 0 Å². The molecule has 2 heterocycles. The minimum atomic E-state index is 0.245. The Balaban J connectivity index is 2.01. The molecule has 1 aliphatic rings. The number of nitrogens with zero attached hydrogens (tertiary/aromatic N) is 2. The lowest BCUT2D eigenvalue weighted by Crippen LogP contribution is -2.33. The molecule has 24 heavy (non-hydrogen) atoms. The molecule has 1 aromatic heterocycles. The Kier molecular flexibility index (Phi) is 5.64. The van der Waals surface area contributed by atoms with Crippen molar-refractivity contribution in [3.63, 3.8) is 0 Å². The highest BCUT2D eigenvalue weighted by atomic mass is 15.2. The average molecular weight is 323 g/mol. The van der Waals surface area contributed by atoms with Crippen molar-refractivity contribution in [1.82, 2.24) is 15.2 Å². The standard InChI is InChI=1S/C21H29N3/c1-4-18-6-7-20(23-15-18)21(24-10-5-8-22-9-11-24)19-13-16(2)12-17(3)14-19/h6-7,12-15,21-22H,4-5,8-11H2,1-3H3. The second-order valence-corrected chi connectivity index (χ2v) is 6.91. The van der Waals surface area contributed by atoms with Crippen molar-refractivity contribution < 1.29 is 0 Å². The van der Waals surface area contributed by atoms with Crippen LogP contribution in [0, 0.1) is 13.8 Å². The Morgan fingerprint density at radius 2 is 1.88 bits per heavy atom. The number of pyridine rings is 1. The van der Waals surface area contributed by atoms with Crippen LogP contribution in [0.3, 0.4) is 0 Å². The molecule has 1 N–H and O–H groups in total. The molecule has 1 aliphatic heterocycles. The zero-order valence-electron chi connectivity index (χ0n) is 15.2. The van der Waals surface area contributed by atoms with Crippen molar-refractivity contribution in [2.45, 2.75) is 39.7 Å². The van der Waals surface area contributed by atoms with Crippen molar-refractivity contribution in [3.05, 3.63) is 64.5 Å². The SMILES string of the molecule is CCc1ccc(C(c2cc(C)cc(C)c2)N2CCCNCC2)nc1. The maximum absolute atomic E-state index is 4.83. The first-order chi connectivity index (χ1) is 11.7. The Bertz CT molecular complexity index is 635. The summed E-state index contributed by atoms with van der Waals surface area (Å²) >= 11 is 0. The number of hydrogen-bond donors (Lipinski definition) is 1. The molecule has 1 atom stereocenters. The average Bonchev–Trinajstić information content (AvgIpc) is 2.84. The molecule has 3 heteroatoms. The van der Waals surface area contributed by atoms with Gasteiger partial charge in [-0.2, -0.15) is 0 Å². The minimum Gasteiger partial charge on any atom is -0.315 e. The van der Waals surface area contributed by atoms with E-state index in [9.17, 15) is 0 Å². The van der Waals surface area contributed by atoms with Crippen LogP contribution in [0.1, 0.15) is 47.3 Å².